The topological polar surface area (TPSA) is 72.5 Å². The molecule has 1 amide bonds. The van der Waals surface area contributed by atoms with Crippen LogP contribution in [-0.2, 0) is 19.4 Å². The molecule has 0 bridgehead atoms. The minimum atomic E-state index is -2.92. The van der Waals surface area contributed by atoms with Crippen LogP contribution in [0.3, 0.4) is 0 Å². The van der Waals surface area contributed by atoms with Crippen LogP contribution in [0.15, 0.2) is 0 Å². The normalized spacial score (nSPS) is 34.1. The maximum Gasteiger partial charge on any atom is 0.249 e. The van der Waals surface area contributed by atoms with Crippen molar-refractivity contribution < 1.29 is 17.9 Å². The monoisotopic (exact) mass is 233 g/mol. The lowest BCUT2D eigenvalue weighted by molar-refractivity contribution is -0.130. The highest BCUT2D eigenvalue weighted by Gasteiger charge is 2.31. The molecule has 2 unspecified atom stereocenters. The predicted octanol–water partition coefficient (Wildman–Crippen LogP) is -0.531. The lowest BCUT2D eigenvalue weighted by Crippen LogP contribution is -2.41. The van der Waals surface area contributed by atoms with E-state index in [9.17, 15) is 13.2 Å². The third kappa shape index (κ3) is 2.69. The zero-order chi connectivity index (χ0) is 10.9. The molecule has 0 saturated carbocycles. The van der Waals surface area contributed by atoms with Gasteiger partial charge in [-0.05, 0) is 19.3 Å². The zero-order valence-electron chi connectivity index (χ0n) is 8.44. The molecule has 0 aromatic rings. The van der Waals surface area contributed by atoms with E-state index in [-0.39, 0.29) is 29.6 Å². The van der Waals surface area contributed by atoms with Gasteiger partial charge in [-0.3, -0.25) is 4.79 Å². The quantitative estimate of drug-likeness (QED) is 0.696. The van der Waals surface area contributed by atoms with E-state index in [1.54, 1.807) is 0 Å². The van der Waals surface area contributed by atoms with Gasteiger partial charge in [0.15, 0.2) is 9.84 Å². The van der Waals surface area contributed by atoms with Crippen LogP contribution in [0.2, 0.25) is 0 Å². The van der Waals surface area contributed by atoms with Gasteiger partial charge in [-0.1, -0.05) is 0 Å². The summed E-state index contributed by atoms with van der Waals surface area (Å²) in [6, 6.07) is -0.216. The Labute approximate surface area is 89.1 Å². The van der Waals surface area contributed by atoms with Gasteiger partial charge in [-0.2, -0.15) is 0 Å². The van der Waals surface area contributed by atoms with E-state index >= 15 is 0 Å². The average Bonchev–Trinajstić information content (AvgIpc) is 2.74. The molecule has 15 heavy (non-hydrogen) atoms. The molecular formula is C9H15NO4S. The molecule has 2 heterocycles. The van der Waals surface area contributed by atoms with E-state index in [1.807, 2.05) is 0 Å². The molecule has 2 rings (SSSR count). The van der Waals surface area contributed by atoms with Gasteiger partial charge in [0.05, 0.1) is 11.5 Å². The summed E-state index contributed by atoms with van der Waals surface area (Å²) >= 11 is 0. The first-order valence-electron chi connectivity index (χ1n) is 5.19. The number of carbonyl (C=O) groups is 1. The molecule has 2 aliphatic rings. The van der Waals surface area contributed by atoms with Crippen LogP contribution < -0.4 is 5.32 Å². The summed E-state index contributed by atoms with van der Waals surface area (Å²) in [6.45, 7) is 0.626. The number of sulfone groups is 1. The van der Waals surface area contributed by atoms with E-state index < -0.39 is 9.84 Å². The highest BCUT2D eigenvalue weighted by atomic mass is 32.2. The Balaban J connectivity index is 1.85. The van der Waals surface area contributed by atoms with Gasteiger partial charge in [0.1, 0.15) is 6.10 Å². The summed E-state index contributed by atoms with van der Waals surface area (Å²) in [6.07, 6.45) is 1.81. The van der Waals surface area contributed by atoms with Crippen molar-refractivity contribution in [3.05, 3.63) is 0 Å². The number of nitrogens with one attached hydrogen (secondary N) is 1. The van der Waals surface area contributed by atoms with Gasteiger partial charge in [-0.25, -0.2) is 8.42 Å². The van der Waals surface area contributed by atoms with Crippen LogP contribution in [0.25, 0.3) is 0 Å². The summed E-state index contributed by atoms with van der Waals surface area (Å²) in [5.74, 6) is 0.101. The second-order valence-electron chi connectivity index (χ2n) is 4.11. The van der Waals surface area contributed by atoms with Crippen molar-refractivity contribution in [1.29, 1.82) is 0 Å². The maximum absolute atomic E-state index is 11.6. The van der Waals surface area contributed by atoms with E-state index in [0.29, 0.717) is 13.0 Å². The third-order valence-electron chi connectivity index (χ3n) is 2.80. The van der Waals surface area contributed by atoms with Crippen LogP contribution in [-0.4, -0.2) is 44.6 Å². The predicted molar refractivity (Wildman–Crippen MR) is 54.2 cm³/mol. The van der Waals surface area contributed by atoms with Gasteiger partial charge in [-0.15, -0.1) is 0 Å². The number of hydrogen-bond acceptors (Lipinski definition) is 4. The fourth-order valence-electron chi connectivity index (χ4n) is 1.99. The molecule has 6 heteroatoms. The van der Waals surface area contributed by atoms with Crippen molar-refractivity contribution in [2.45, 2.75) is 31.4 Å². The Morgan fingerprint density at radius 1 is 1.33 bits per heavy atom. The van der Waals surface area contributed by atoms with Gasteiger partial charge in [0.25, 0.3) is 0 Å². The Morgan fingerprint density at radius 3 is 2.67 bits per heavy atom. The van der Waals surface area contributed by atoms with Gasteiger partial charge in [0.2, 0.25) is 5.91 Å². The summed E-state index contributed by atoms with van der Waals surface area (Å²) in [7, 11) is -2.92. The Morgan fingerprint density at radius 2 is 2.13 bits per heavy atom. The van der Waals surface area contributed by atoms with E-state index in [1.165, 1.54) is 0 Å². The van der Waals surface area contributed by atoms with Crippen LogP contribution in [0.4, 0.5) is 0 Å². The fourth-order valence-corrected chi connectivity index (χ4v) is 3.66. The Hall–Kier alpha value is -0.620. The van der Waals surface area contributed by atoms with Crippen LogP contribution in [0, 0.1) is 0 Å². The summed E-state index contributed by atoms with van der Waals surface area (Å²) in [5, 5.41) is 2.73. The van der Waals surface area contributed by atoms with Crippen LogP contribution in [0.5, 0.6) is 0 Å². The number of amides is 1. The second kappa shape index (κ2) is 4.09. The first-order valence-corrected chi connectivity index (χ1v) is 7.01. The van der Waals surface area contributed by atoms with Crippen molar-refractivity contribution in [1.82, 2.24) is 5.32 Å². The number of carbonyl (C=O) groups excluding carboxylic acids is 1. The SMILES string of the molecule is O=C(NC1CCS(=O)(=O)C1)C1CCCO1. The van der Waals surface area contributed by atoms with Gasteiger partial charge < -0.3 is 10.1 Å². The van der Waals surface area contributed by atoms with Crippen molar-refractivity contribution >= 4 is 15.7 Å². The molecule has 5 nitrogen and oxygen atoms in total. The molecule has 2 atom stereocenters. The fraction of sp³-hybridized carbons (Fsp3) is 0.889. The minimum Gasteiger partial charge on any atom is -0.368 e. The third-order valence-corrected chi connectivity index (χ3v) is 4.57. The molecule has 0 aromatic heterocycles. The molecule has 0 aliphatic carbocycles. The molecule has 2 fully saturated rings. The molecule has 0 spiro atoms. The second-order valence-corrected chi connectivity index (χ2v) is 6.34. The van der Waals surface area contributed by atoms with Crippen molar-refractivity contribution in [3.8, 4) is 0 Å². The lowest BCUT2D eigenvalue weighted by Gasteiger charge is -2.14. The standard InChI is InChI=1S/C9H15NO4S/c11-9(8-2-1-4-14-8)10-7-3-5-15(12,13)6-7/h7-8H,1-6H2,(H,10,11). The minimum absolute atomic E-state index is 0.0749. The molecular weight excluding hydrogens is 218 g/mol. The summed E-state index contributed by atoms with van der Waals surface area (Å²) in [4.78, 5) is 11.6. The zero-order valence-corrected chi connectivity index (χ0v) is 9.26. The van der Waals surface area contributed by atoms with E-state index in [4.69, 9.17) is 4.74 Å². The van der Waals surface area contributed by atoms with Gasteiger partial charge in [0, 0.05) is 12.6 Å². The van der Waals surface area contributed by atoms with Gasteiger partial charge >= 0.3 is 0 Å². The molecule has 0 aromatic carbocycles. The Kier molecular flexibility index (Phi) is 2.97. The number of hydrogen-bond donors (Lipinski definition) is 1. The highest BCUT2D eigenvalue weighted by Crippen LogP contribution is 2.15. The Bertz CT molecular complexity index is 345. The highest BCUT2D eigenvalue weighted by molar-refractivity contribution is 7.91. The number of ether oxygens (including phenoxy) is 1. The lowest BCUT2D eigenvalue weighted by atomic mass is 10.2. The van der Waals surface area contributed by atoms with E-state index in [0.717, 1.165) is 12.8 Å². The molecule has 2 aliphatic heterocycles. The summed E-state index contributed by atoms with van der Waals surface area (Å²) < 4.78 is 27.5. The maximum atomic E-state index is 11.6. The van der Waals surface area contributed by atoms with Crippen molar-refractivity contribution in [2.75, 3.05) is 18.1 Å². The molecule has 0 radical (unpaired) electrons. The molecule has 2 saturated heterocycles. The van der Waals surface area contributed by atoms with Crippen LogP contribution in [0.1, 0.15) is 19.3 Å². The smallest absolute Gasteiger partial charge is 0.249 e. The molecule has 1 N–H and O–H groups in total. The van der Waals surface area contributed by atoms with Crippen molar-refractivity contribution in [3.63, 3.8) is 0 Å². The molecule has 86 valence electrons. The first kappa shape index (κ1) is 10.9. The number of rotatable bonds is 2. The van der Waals surface area contributed by atoms with E-state index in [2.05, 4.69) is 5.32 Å². The first-order chi connectivity index (χ1) is 7.07. The van der Waals surface area contributed by atoms with Crippen molar-refractivity contribution in [2.24, 2.45) is 0 Å². The largest absolute Gasteiger partial charge is 0.368 e. The van der Waals surface area contributed by atoms with Crippen LogP contribution >= 0.6 is 0 Å². The average molecular weight is 233 g/mol. The summed E-state index contributed by atoms with van der Waals surface area (Å²) in [5.41, 5.74) is 0.